The molecule has 0 saturated carbocycles. The van der Waals surface area contributed by atoms with Crippen molar-refractivity contribution >= 4 is 5.97 Å². The average molecular weight is 341 g/mol. The van der Waals surface area contributed by atoms with Gasteiger partial charge in [0, 0.05) is 0 Å². The Kier molecular flexibility index (Phi) is 18.4. The zero-order chi connectivity index (χ0) is 17.9. The molecule has 0 amide bonds. The molecule has 0 aliphatic heterocycles. The standard InChI is InChI=1S/C22H44O2/c1-3-5-7-9-11-12-14-16-18-20-21(22(23)24)19-17-15-13-10-8-6-4-2/h21H,3-20H2,1-2H3,(H,23,24). The van der Waals surface area contributed by atoms with Gasteiger partial charge in [-0.25, -0.2) is 0 Å². The third-order valence-corrected chi connectivity index (χ3v) is 5.16. The predicted molar refractivity (Wildman–Crippen MR) is 106 cm³/mol. The van der Waals surface area contributed by atoms with Crippen LogP contribution in [0.2, 0.25) is 0 Å². The predicted octanol–water partition coefficient (Wildman–Crippen LogP) is 7.75. The number of unbranched alkanes of at least 4 members (excludes halogenated alkanes) is 14. The van der Waals surface area contributed by atoms with Crippen LogP contribution in [0, 0.1) is 5.92 Å². The normalized spacial score (nSPS) is 12.4. The third-order valence-electron chi connectivity index (χ3n) is 5.16. The van der Waals surface area contributed by atoms with Gasteiger partial charge in [-0.15, -0.1) is 0 Å². The first-order chi connectivity index (χ1) is 11.7. The van der Waals surface area contributed by atoms with Gasteiger partial charge >= 0.3 is 5.97 Å². The van der Waals surface area contributed by atoms with Gasteiger partial charge in [0.15, 0.2) is 0 Å². The van der Waals surface area contributed by atoms with Crippen molar-refractivity contribution in [2.24, 2.45) is 5.92 Å². The second kappa shape index (κ2) is 18.8. The zero-order valence-corrected chi connectivity index (χ0v) is 16.7. The smallest absolute Gasteiger partial charge is 0.306 e. The number of hydrogen-bond acceptors (Lipinski definition) is 1. The SMILES string of the molecule is CCCCCCCCCCCC(CCCCCCCCC)C(=O)O. The molecule has 0 radical (unpaired) electrons. The summed E-state index contributed by atoms with van der Waals surface area (Å²) in [7, 11) is 0. The molecule has 24 heavy (non-hydrogen) atoms. The van der Waals surface area contributed by atoms with E-state index in [1.54, 1.807) is 0 Å². The molecule has 0 aromatic rings. The molecule has 0 heterocycles. The molecule has 144 valence electrons. The van der Waals surface area contributed by atoms with Crippen LogP contribution < -0.4 is 0 Å². The van der Waals surface area contributed by atoms with Gasteiger partial charge in [-0.2, -0.15) is 0 Å². The first-order valence-electron chi connectivity index (χ1n) is 10.9. The van der Waals surface area contributed by atoms with Crippen LogP contribution in [-0.2, 0) is 4.79 Å². The van der Waals surface area contributed by atoms with Gasteiger partial charge in [0.1, 0.15) is 0 Å². The topological polar surface area (TPSA) is 37.3 Å². The summed E-state index contributed by atoms with van der Waals surface area (Å²) in [5, 5.41) is 9.37. The highest BCUT2D eigenvalue weighted by Gasteiger charge is 2.16. The number of carboxylic acid groups (broad SMARTS) is 1. The molecular weight excluding hydrogens is 296 g/mol. The highest BCUT2D eigenvalue weighted by molar-refractivity contribution is 5.69. The van der Waals surface area contributed by atoms with E-state index >= 15 is 0 Å². The maximum absolute atomic E-state index is 11.4. The van der Waals surface area contributed by atoms with E-state index in [1.165, 1.54) is 89.9 Å². The lowest BCUT2D eigenvalue weighted by molar-refractivity contribution is -0.142. The quantitative estimate of drug-likeness (QED) is 0.244. The van der Waals surface area contributed by atoms with E-state index in [0.717, 1.165) is 25.7 Å². The number of aliphatic carboxylic acids is 1. The number of carbonyl (C=O) groups is 1. The van der Waals surface area contributed by atoms with Crippen LogP contribution >= 0.6 is 0 Å². The number of rotatable bonds is 19. The zero-order valence-electron chi connectivity index (χ0n) is 16.7. The summed E-state index contributed by atoms with van der Waals surface area (Å²) < 4.78 is 0. The molecule has 0 rings (SSSR count). The van der Waals surface area contributed by atoms with Gasteiger partial charge in [0.25, 0.3) is 0 Å². The van der Waals surface area contributed by atoms with E-state index in [0.29, 0.717) is 0 Å². The van der Waals surface area contributed by atoms with E-state index < -0.39 is 5.97 Å². The second-order valence-corrected chi connectivity index (χ2v) is 7.56. The molecule has 0 bridgehead atoms. The second-order valence-electron chi connectivity index (χ2n) is 7.56. The van der Waals surface area contributed by atoms with Gasteiger partial charge in [0.05, 0.1) is 5.92 Å². The van der Waals surface area contributed by atoms with Gasteiger partial charge in [-0.05, 0) is 12.8 Å². The van der Waals surface area contributed by atoms with Crippen molar-refractivity contribution in [3.63, 3.8) is 0 Å². The van der Waals surface area contributed by atoms with Crippen LogP contribution in [0.25, 0.3) is 0 Å². The van der Waals surface area contributed by atoms with Crippen molar-refractivity contribution in [1.29, 1.82) is 0 Å². The Morgan fingerprint density at radius 2 is 0.875 bits per heavy atom. The van der Waals surface area contributed by atoms with Crippen LogP contribution in [0.3, 0.4) is 0 Å². The Hall–Kier alpha value is -0.530. The molecule has 1 atom stereocenters. The Morgan fingerprint density at radius 1 is 0.583 bits per heavy atom. The minimum Gasteiger partial charge on any atom is -0.481 e. The van der Waals surface area contributed by atoms with Gasteiger partial charge < -0.3 is 5.11 Å². The summed E-state index contributed by atoms with van der Waals surface area (Å²) in [6, 6.07) is 0. The summed E-state index contributed by atoms with van der Waals surface area (Å²) in [6.45, 7) is 4.50. The fourth-order valence-electron chi connectivity index (χ4n) is 3.44. The Bertz CT molecular complexity index is 263. The molecule has 2 heteroatoms. The fraction of sp³-hybridized carbons (Fsp3) is 0.955. The number of carboxylic acids is 1. The summed E-state index contributed by atoms with van der Waals surface area (Å²) >= 11 is 0. The highest BCUT2D eigenvalue weighted by atomic mass is 16.4. The summed E-state index contributed by atoms with van der Waals surface area (Å²) in [6.07, 6.45) is 22.4. The first-order valence-corrected chi connectivity index (χ1v) is 10.9. The summed E-state index contributed by atoms with van der Waals surface area (Å²) in [5.74, 6) is -0.661. The van der Waals surface area contributed by atoms with Crippen LogP contribution in [0.15, 0.2) is 0 Å². The molecule has 1 N–H and O–H groups in total. The maximum Gasteiger partial charge on any atom is 0.306 e. The molecule has 0 spiro atoms. The molecular formula is C22H44O2. The molecule has 0 aromatic carbocycles. The first kappa shape index (κ1) is 23.5. The molecule has 2 nitrogen and oxygen atoms in total. The summed E-state index contributed by atoms with van der Waals surface area (Å²) in [5.41, 5.74) is 0. The van der Waals surface area contributed by atoms with E-state index in [4.69, 9.17) is 0 Å². The van der Waals surface area contributed by atoms with Gasteiger partial charge in [-0.3, -0.25) is 4.79 Å². The van der Waals surface area contributed by atoms with Crippen molar-refractivity contribution in [3.05, 3.63) is 0 Å². The largest absolute Gasteiger partial charge is 0.481 e. The van der Waals surface area contributed by atoms with Crippen LogP contribution in [0.4, 0.5) is 0 Å². The summed E-state index contributed by atoms with van der Waals surface area (Å²) in [4.78, 5) is 11.4. The average Bonchev–Trinajstić information content (AvgIpc) is 2.57. The lowest BCUT2D eigenvalue weighted by Gasteiger charge is -2.12. The van der Waals surface area contributed by atoms with E-state index in [9.17, 15) is 9.90 Å². The molecule has 0 aliphatic carbocycles. The van der Waals surface area contributed by atoms with Gasteiger partial charge in [-0.1, -0.05) is 117 Å². The van der Waals surface area contributed by atoms with Crippen molar-refractivity contribution in [2.75, 3.05) is 0 Å². The highest BCUT2D eigenvalue weighted by Crippen LogP contribution is 2.19. The Labute approximate surface area is 151 Å². The number of hydrogen-bond donors (Lipinski definition) is 1. The molecule has 0 fully saturated rings. The van der Waals surface area contributed by atoms with Crippen LogP contribution in [0.1, 0.15) is 129 Å². The van der Waals surface area contributed by atoms with Crippen molar-refractivity contribution in [2.45, 2.75) is 129 Å². The Morgan fingerprint density at radius 3 is 1.17 bits per heavy atom. The minimum absolute atomic E-state index is 0.0924. The lowest BCUT2D eigenvalue weighted by Crippen LogP contribution is -2.13. The molecule has 1 unspecified atom stereocenters. The molecule has 0 aliphatic rings. The monoisotopic (exact) mass is 340 g/mol. The van der Waals surface area contributed by atoms with E-state index in [2.05, 4.69) is 13.8 Å². The lowest BCUT2D eigenvalue weighted by atomic mass is 9.94. The van der Waals surface area contributed by atoms with E-state index in [-0.39, 0.29) is 5.92 Å². The Balaban J connectivity index is 3.48. The van der Waals surface area contributed by atoms with Crippen LogP contribution in [-0.4, -0.2) is 11.1 Å². The van der Waals surface area contributed by atoms with Crippen molar-refractivity contribution in [3.8, 4) is 0 Å². The van der Waals surface area contributed by atoms with Crippen molar-refractivity contribution < 1.29 is 9.90 Å². The van der Waals surface area contributed by atoms with Crippen molar-refractivity contribution in [1.82, 2.24) is 0 Å². The minimum atomic E-state index is -0.569. The van der Waals surface area contributed by atoms with Crippen LogP contribution in [0.5, 0.6) is 0 Å². The van der Waals surface area contributed by atoms with E-state index in [1.807, 2.05) is 0 Å². The third kappa shape index (κ3) is 16.3. The van der Waals surface area contributed by atoms with Gasteiger partial charge in [0.2, 0.25) is 0 Å². The molecule has 0 aromatic heterocycles. The fourth-order valence-corrected chi connectivity index (χ4v) is 3.44. The molecule has 0 saturated heterocycles. The maximum atomic E-state index is 11.4.